The van der Waals surface area contributed by atoms with Crippen LogP contribution in [0.2, 0.25) is 0 Å². The smallest absolute Gasteiger partial charge is 0.355 e. The standard InChI is InChI=1S/C20H21N5O2S/c21-11-15-12-22-17-4-3-14(10-16(15)17)2-1-5-24-6-8-25(9-7-24)20-23-18(13-28-20)19(26)27/h3-4,10,12-13,22H,1-2,5-9H2,(H,26,27). The Morgan fingerprint density at radius 3 is 2.86 bits per heavy atom. The summed E-state index contributed by atoms with van der Waals surface area (Å²) in [5, 5.41) is 21.6. The fourth-order valence-electron chi connectivity index (χ4n) is 3.59. The second-order valence-electron chi connectivity index (χ2n) is 6.95. The van der Waals surface area contributed by atoms with E-state index in [4.69, 9.17) is 5.11 Å². The fourth-order valence-corrected chi connectivity index (χ4v) is 4.45. The number of aryl methyl sites for hydroxylation is 1. The molecule has 144 valence electrons. The van der Waals surface area contributed by atoms with Gasteiger partial charge in [-0.3, -0.25) is 4.90 Å². The maximum absolute atomic E-state index is 11.0. The Hall–Kier alpha value is -2.89. The van der Waals surface area contributed by atoms with E-state index in [1.165, 1.54) is 16.9 Å². The number of H-pyrrole nitrogens is 1. The number of hydrogen-bond acceptors (Lipinski definition) is 6. The topological polar surface area (TPSA) is 96.3 Å². The predicted molar refractivity (Wildman–Crippen MR) is 109 cm³/mol. The zero-order valence-corrected chi connectivity index (χ0v) is 16.2. The molecule has 3 heterocycles. The van der Waals surface area contributed by atoms with Crippen LogP contribution in [0.4, 0.5) is 5.13 Å². The molecule has 0 unspecified atom stereocenters. The highest BCUT2D eigenvalue weighted by Crippen LogP contribution is 2.22. The van der Waals surface area contributed by atoms with Gasteiger partial charge in [0.15, 0.2) is 10.8 Å². The average molecular weight is 395 g/mol. The molecule has 0 atom stereocenters. The maximum atomic E-state index is 11.0. The van der Waals surface area contributed by atoms with E-state index in [2.05, 4.69) is 38.0 Å². The van der Waals surface area contributed by atoms with Crippen molar-refractivity contribution in [1.29, 1.82) is 5.26 Å². The van der Waals surface area contributed by atoms with Gasteiger partial charge in [-0.1, -0.05) is 6.07 Å². The second-order valence-corrected chi connectivity index (χ2v) is 7.78. The van der Waals surface area contributed by atoms with E-state index in [0.29, 0.717) is 5.56 Å². The molecule has 0 bridgehead atoms. The van der Waals surface area contributed by atoms with Crippen LogP contribution in [-0.2, 0) is 6.42 Å². The van der Waals surface area contributed by atoms with Crippen molar-refractivity contribution in [2.45, 2.75) is 12.8 Å². The lowest BCUT2D eigenvalue weighted by Crippen LogP contribution is -2.46. The van der Waals surface area contributed by atoms with Gasteiger partial charge >= 0.3 is 5.97 Å². The number of carboxylic acid groups (broad SMARTS) is 1. The molecule has 2 aromatic heterocycles. The first kappa shape index (κ1) is 18.5. The molecule has 8 heteroatoms. The maximum Gasteiger partial charge on any atom is 0.355 e. The van der Waals surface area contributed by atoms with Crippen LogP contribution >= 0.6 is 11.3 Å². The molecular weight excluding hydrogens is 374 g/mol. The number of piperazine rings is 1. The number of benzene rings is 1. The van der Waals surface area contributed by atoms with E-state index in [9.17, 15) is 10.1 Å². The molecule has 1 aromatic carbocycles. The number of aromatic carboxylic acids is 1. The predicted octanol–water partition coefficient (Wildman–Crippen LogP) is 2.95. The summed E-state index contributed by atoms with van der Waals surface area (Å²) in [5.74, 6) is -0.971. The van der Waals surface area contributed by atoms with Gasteiger partial charge in [-0.05, 0) is 37.1 Å². The van der Waals surface area contributed by atoms with Crippen molar-refractivity contribution >= 4 is 33.3 Å². The highest BCUT2D eigenvalue weighted by Gasteiger charge is 2.20. The molecule has 1 fully saturated rings. The molecule has 2 N–H and O–H groups in total. The van der Waals surface area contributed by atoms with E-state index in [1.807, 2.05) is 6.07 Å². The third-order valence-corrected chi connectivity index (χ3v) is 6.06. The molecule has 1 aliphatic heterocycles. The lowest BCUT2D eigenvalue weighted by molar-refractivity contribution is 0.0691. The van der Waals surface area contributed by atoms with Crippen LogP contribution in [0.25, 0.3) is 10.9 Å². The number of nitriles is 1. The van der Waals surface area contributed by atoms with Crippen molar-refractivity contribution in [2.24, 2.45) is 0 Å². The number of nitrogens with zero attached hydrogens (tertiary/aromatic N) is 4. The van der Waals surface area contributed by atoms with Crippen LogP contribution in [0, 0.1) is 11.3 Å². The molecule has 3 aromatic rings. The number of fused-ring (bicyclic) bond motifs is 1. The van der Waals surface area contributed by atoms with Crippen molar-refractivity contribution in [1.82, 2.24) is 14.9 Å². The van der Waals surface area contributed by atoms with Gasteiger partial charge in [0.2, 0.25) is 0 Å². The molecule has 1 aliphatic rings. The number of aromatic amines is 1. The highest BCUT2D eigenvalue weighted by molar-refractivity contribution is 7.13. The van der Waals surface area contributed by atoms with Gasteiger partial charge in [-0.25, -0.2) is 9.78 Å². The van der Waals surface area contributed by atoms with E-state index in [-0.39, 0.29) is 5.69 Å². The number of rotatable bonds is 6. The number of carbonyl (C=O) groups is 1. The SMILES string of the molecule is N#Cc1c[nH]c2ccc(CCCN3CCN(c4nc(C(=O)O)cs4)CC3)cc12. The van der Waals surface area contributed by atoms with Gasteiger partial charge < -0.3 is 15.0 Å². The number of nitrogens with one attached hydrogen (secondary N) is 1. The third kappa shape index (κ3) is 3.86. The molecule has 7 nitrogen and oxygen atoms in total. The van der Waals surface area contributed by atoms with Gasteiger partial charge in [0.05, 0.1) is 5.56 Å². The van der Waals surface area contributed by atoms with Crippen molar-refractivity contribution < 1.29 is 9.90 Å². The first-order chi connectivity index (χ1) is 13.6. The molecule has 0 amide bonds. The van der Waals surface area contributed by atoms with E-state index >= 15 is 0 Å². The zero-order valence-electron chi connectivity index (χ0n) is 15.4. The fraction of sp³-hybridized carbons (Fsp3) is 0.350. The van der Waals surface area contributed by atoms with Crippen LogP contribution in [0.1, 0.15) is 28.0 Å². The summed E-state index contributed by atoms with van der Waals surface area (Å²) in [6, 6.07) is 8.52. The summed E-state index contributed by atoms with van der Waals surface area (Å²) in [4.78, 5) is 22.9. The molecule has 4 rings (SSSR count). The van der Waals surface area contributed by atoms with Crippen LogP contribution in [-0.4, -0.2) is 58.7 Å². The summed E-state index contributed by atoms with van der Waals surface area (Å²) >= 11 is 1.40. The Labute approximate surface area is 166 Å². The van der Waals surface area contributed by atoms with Crippen molar-refractivity contribution in [3.8, 4) is 6.07 Å². The summed E-state index contributed by atoms with van der Waals surface area (Å²) in [7, 11) is 0. The van der Waals surface area contributed by atoms with Gasteiger partial charge in [0.1, 0.15) is 6.07 Å². The van der Waals surface area contributed by atoms with E-state index in [1.54, 1.807) is 11.6 Å². The first-order valence-corrected chi connectivity index (χ1v) is 10.2. The molecule has 0 saturated carbocycles. The Bertz CT molecular complexity index is 1030. The second kappa shape index (κ2) is 8.00. The van der Waals surface area contributed by atoms with Crippen LogP contribution in [0.15, 0.2) is 29.8 Å². The molecule has 0 radical (unpaired) electrons. The van der Waals surface area contributed by atoms with Gasteiger partial charge in [-0.2, -0.15) is 5.26 Å². The van der Waals surface area contributed by atoms with Gasteiger partial charge in [-0.15, -0.1) is 11.3 Å². The monoisotopic (exact) mass is 395 g/mol. The number of anilines is 1. The minimum Gasteiger partial charge on any atom is -0.476 e. The Balaban J connectivity index is 1.26. The quantitative estimate of drug-likeness (QED) is 0.666. The third-order valence-electron chi connectivity index (χ3n) is 5.16. The minimum atomic E-state index is -0.971. The largest absolute Gasteiger partial charge is 0.476 e. The highest BCUT2D eigenvalue weighted by atomic mass is 32.1. The number of aromatic nitrogens is 2. The lowest BCUT2D eigenvalue weighted by Gasteiger charge is -2.34. The van der Waals surface area contributed by atoms with Gasteiger partial charge in [0.25, 0.3) is 0 Å². The van der Waals surface area contributed by atoms with Crippen molar-refractivity contribution in [2.75, 3.05) is 37.6 Å². The van der Waals surface area contributed by atoms with Crippen molar-refractivity contribution in [3.05, 3.63) is 46.6 Å². The summed E-state index contributed by atoms with van der Waals surface area (Å²) in [5.41, 5.74) is 3.08. The number of hydrogen-bond donors (Lipinski definition) is 2. The van der Waals surface area contributed by atoms with Crippen LogP contribution in [0.5, 0.6) is 0 Å². The molecule has 0 aliphatic carbocycles. The zero-order chi connectivity index (χ0) is 19.5. The number of carboxylic acids is 1. The van der Waals surface area contributed by atoms with Gasteiger partial charge in [0, 0.05) is 48.7 Å². The Morgan fingerprint density at radius 2 is 2.14 bits per heavy atom. The molecular formula is C20H21N5O2S. The Kier molecular flexibility index (Phi) is 5.28. The summed E-state index contributed by atoms with van der Waals surface area (Å²) in [6.45, 7) is 4.68. The molecule has 0 spiro atoms. The molecule has 28 heavy (non-hydrogen) atoms. The lowest BCUT2D eigenvalue weighted by atomic mass is 10.1. The van der Waals surface area contributed by atoms with Crippen LogP contribution < -0.4 is 4.90 Å². The number of thiazole rings is 1. The minimum absolute atomic E-state index is 0.126. The van der Waals surface area contributed by atoms with Crippen molar-refractivity contribution in [3.63, 3.8) is 0 Å². The van der Waals surface area contributed by atoms with E-state index < -0.39 is 5.97 Å². The van der Waals surface area contributed by atoms with E-state index in [0.717, 1.165) is 61.6 Å². The average Bonchev–Trinajstić information content (AvgIpc) is 3.35. The summed E-state index contributed by atoms with van der Waals surface area (Å²) in [6.07, 6.45) is 3.81. The first-order valence-electron chi connectivity index (χ1n) is 9.30. The Morgan fingerprint density at radius 1 is 1.32 bits per heavy atom. The normalized spacial score (nSPS) is 15.0. The van der Waals surface area contributed by atoms with Crippen LogP contribution in [0.3, 0.4) is 0 Å². The molecule has 1 saturated heterocycles. The summed E-state index contributed by atoms with van der Waals surface area (Å²) < 4.78 is 0.